The van der Waals surface area contributed by atoms with Crippen LogP contribution < -0.4 is 0 Å². The van der Waals surface area contributed by atoms with Gasteiger partial charge in [-0.25, -0.2) is 4.98 Å². The zero-order valence-electron chi connectivity index (χ0n) is 26.0. The maximum absolute atomic E-state index is 6.86. The molecule has 228 valence electrons. The fourth-order valence-electron chi connectivity index (χ4n) is 7.51. The summed E-state index contributed by atoms with van der Waals surface area (Å²) in [6.07, 6.45) is 2.05. The summed E-state index contributed by atoms with van der Waals surface area (Å²) in [5.74, 6) is 0.631. The van der Waals surface area contributed by atoms with Crippen LogP contribution in [0.2, 0.25) is 0 Å². The van der Waals surface area contributed by atoms with Crippen molar-refractivity contribution in [2.75, 3.05) is 0 Å². The van der Waals surface area contributed by atoms with E-state index in [9.17, 15) is 0 Å². The maximum Gasteiger partial charge on any atom is 0.231 e. The minimum atomic E-state index is 0.561. The maximum atomic E-state index is 6.86. The van der Waals surface area contributed by atoms with Gasteiger partial charge in [-0.05, 0) is 18.2 Å². The van der Waals surface area contributed by atoms with Crippen LogP contribution in [0.15, 0.2) is 150 Å². The Labute approximate surface area is 283 Å². The van der Waals surface area contributed by atoms with E-state index in [0.717, 1.165) is 66.2 Å². The smallest absolute Gasteiger partial charge is 0.231 e. The molecule has 6 aromatic carbocycles. The molecular formula is C43H24N4OS. The van der Waals surface area contributed by atoms with Crippen LogP contribution in [0, 0.1) is 0 Å². The van der Waals surface area contributed by atoms with Crippen molar-refractivity contribution >= 4 is 86.3 Å². The van der Waals surface area contributed by atoms with Crippen LogP contribution in [0.3, 0.4) is 0 Å². The van der Waals surface area contributed by atoms with Gasteiger partial charge in [-0.1, -0.05) is 121 Å². The Morgan fingerprint density at radius 1 is 0.551 bits per heavy atom. The molecule has 11 rings (SSSR count). The van der Waals surface area contributed by atoms with Crippen LogP contribution in [0.5, 0.6) is 0 Å². The van der Waals surface area contributed by atoms with Crippen LogP contribution in [0.4, 0.5) is 0 Å². The largest absolute Gasteiger partial charge is 0.435 e. The Hall–Kier alpha value is -6.37. The van der Waals surface area contributed by atoms with Crippen LogP contribution in [-0.4, -0.2) is 19.5 Å². The molecule has 0 fully saturated rings. The molecule has 5 heterocycles. The molecule has 0 atom stereocenters. The predicted octanol–water partition coefficient (Wildman–Crippen LogP) is 11.7. The van der Waals surface area contributed by atoms with Crippen molar-refractivity contribution < 1.29 is 4.42 Å². The fourth-order valence-corrected chi connectivity index (χ4v) is 8.71. The molecule has 0 bridgehead atoms. The number of hydrogen-bond acceptors (Lipinski definition) is 5. The van der Waals surface area contributed by atoms with Crippen LogP contribution in [0.25, 0.3) is 103 Å². The monoisotopic (exact) mass is 644 g/mol. The molecule has 0 radical (unpaired) electrons. The SMILES string of the molecule is c1ccc(-c2nc(-c3ccccc3)c3c(n2)oc2c(-n4c5ccccc5c5ccc6c(ncc7c8ccccc8sc76)c54)cccc23)cc1. The number of nitrogens with zero attached hydrogens (tertiary/aromatic N) is 4. The van der Waals surface area contributed by atoms with Crippen molar-refractivity contribution in [2.24, 2.45) is 0 Å². The third-order valence-corrected chi connectivity index (χ3v) is 10.9. The number of hydrogen-bond donors (Lipinski definition) is 0. The Kier molecular flexibility index (Phi) is 5.48. The molecule has 0 aliphatic carbocycles. The molecular weight excluding hydrogens is 621 g/mol. The van der Waals surface area contributed by atoms with Gasteiger partial charge < -0.3 is 8.98 Å². The van der Waals surface area contributed by atoms with Gasteiger partial charge in [-0.15, -0.1) is 11.3 Å². The topological polar surface area (TPSA) is 56.7 Å². The molecule has 49 heavy (non-hydrogen) atoms. The molecule has 0 aliphatic heterocycles. The zero-order valence-corrected chi connectivity index (χ0v) is 26.8. The van der Waals surface area contributed by atoms with Gasteiger partial charge in [0, 0.05) is 59.0 Å². The van der Waals surface area contributed by atoms with E-state index in [4.69, 9.17) is 19.4 Å². The number of aromatic nitrogens is 4. The first-order chi connectivity index (χ1) is 24.3. The summed E-state index contributed by atoms with van der Waals surface area (Å²) in [6.45, 7) is 0. The summed E-state index contributed by atoms with van der Waals surface area (Å²) in [7, 11) is 0. The molecule has 0 spiro atoms. The lowest BCUT2D eigenvalue weighted by molar-refractivity contribution is 0.651. The van der Waals surface area contributed by atoms with Gasteiger partial charge in [-0.3, -0.25) is 4.98 Å². The first-order valence-electron chi connectivity index (χ1n) is 16.3. The lowest BCUT2D eigenvalue weighted by Crippen LogP contribution is -1.96. The van der Waals surface area contributed by atoms with Crippen molar-refractivity contribution in [3.63, 3.8) is 0 Å². The fraction of sp³-hybridized carbons (Fsp3) is 0. The van der Waals surface area contributed by atoms with Crippen LogP contribution in [0.1, 0.15) is 0 Å². The average molecular weight is 645 g/mol. The highest BCUT2D eigenvalue weighted by atomic mass is 32.1. The van der Waals surface area contributed by atoms with Gasteiger partial charge >= 0.3 is 0 Å². The minimum Gasteiger partial charge on any atom is -0.435 e. The molecule has 0 saturated heterocycles. The van der Waals surface area contributed by atoms with Crippen LogP contribution in [-0.2, 0) is 0 Å². The molecule has 0 saturated carbocycles. The molecule has 6 heteroatoms. The van der Waals surface area contributed by atoms with Gasteiger partial charge in [0.1, 0.15) is 0 Å². The summed E-state index contributed by atoms with van der Waals surface area (Å²) in [5.41, 5.74) is 8.18. The van der Waals surface area contributed by atoms with E-state index in [2.05, 4.69) is 95.6 Å². The Bertz CT molecular complexity index is 3100. The summed E-state index contributed by atoms with van der Waals surface area (Å²) in [5, 5.41) is 7.78. The normalized spacial score (nSPS) is 12.1. The number of fused-ring (bicyclic) bond motifs is 12. The Morgan fingerprint density at radius 2 is 1.27 bits per heavy atom. The second-order valence-electron chi connectivity index (χ2n) is 12.4. The summed E-state index contributed by atoms with van der Waals surface area (Å²) in [6, 6.07) is 48.4. The van der Waals surface area contributed by atoms with Crippen molar-refractivity contribution in [2.45, 2.75) is 0 Å². The van der Waals surface area contributed by atoms with Gasteiger partial charge in [-0.2, -0.15) is 4.98 Å². The third kappa shape index (κ3) is 3.77. The molecule has 5 nitrogen and oxygen atoms in total. The average Bonchev–Trinajstić information content (AvgIpc) is 3.85. The molecule has 0 amide bonds. The molecule has 0 unspecified atom stereocenters. The van der Waals surface area contributed by atoms with Crippen molar-refractivity contribution in [1.29, 1.82) is 0 Å². The Balaban J connectivity index is 1.27. The number of pyridine rings is 1. The number of furan rings is 1. The van der Waals surface area contributed by atoms with E-state index in [1.807, 2.05) is 66.1 Å². The summed E-state index contributed by atoms with van der Waals surface area (Å²) in [4.78, 5) is 15.4. The summed E-state index contributed by atoms with van der Waals surface area (Å²) < 4.78 is 11.7. The van der Waals surface area contributed by atoms with Gasteiger partial charge in [0.25, 0.3) is 0 Å². The Morgan fingerprint density at radius 3 is 2.12 bits per heavy atom. The number of benzene rings is 6. The van der Waals surface area contributed by atoms with Gasteiger partial charge in [0.05, 0.1) is 33.3 Å². The van der Waals surface area contributed by atoms with Crippen LogP contribution >= 0.6 is 11.3 Å². The minimum absolute atomic E-state index is 0.561. The predicted molar refractivity (Wildman–Crippen MR) is 203 cm³/mol. The van der Waals surface area contributed by atoms with E-state index < -0.39 is 0 Å². The first kappa shape index (κ1) is 26.7. The highest BCUT2D eigenvalue weighted by Crippen LogP contribution is 2.44. The molecule has 0 aliphatic rings. The zero-order chi connectivity index (χ0) is 32.1. The number of para-hydroxylation sites is 2. The number of thiophene rings is 1. The highest BCUT2D eigenvalue weighted by molar-refractivity contribution is 7.26. The molecule has 11 aromatic rings. The third-order valence-electron chi connectivity index (χ3n) is 9.67. The van der Waals surface area contributed by atoms with Gasteiger partial charge in [0.2, 0.25) is 5.71 Å². The first-order valence-corrected chi connectivity index (χ1v) is 17.1. The summed E-state index contributed by atoms with van der Waals surface area (Å²) >= 11 is 1.83. The van der Waals surface area contributed by atoms with E-state index in [-0.39, 0.29) is 0 Å². The number of rotatable bonds is 3. The van der Waals surface area contributed by atoms with E-state index in [0.29, 0.717) is 11.5 Å². The quantitative estimate of drug-likeness (QED) is 0.192. The highest BCUT2D eigenvalue weighted by Gasteiger charge is 2.23. The van der Waals surface area contributed by atoms with Crippen molar-refractivity contribution in [3.8, 4) is 28.3 Å². The lowest BCUT2D eigenvalue weighted by atomic mass is 10.1. The van der Waals surface area contributed by atoms with Crippen molar-refractivity contribution in [1.82, 2.24) is 19.5 Å². The van der Waals surface area contributed by atoms with E-state index in [1.165, 1.54) is 25.6 Å². The molecule has 0 N–H and O–H groups in total. The second kappa shape index (κ2) is 10.1. The standard InChI is InChI=1S/C43H24N4OS/c1-3-12-25(13-4-1)37-36-30-18-11-20-34(40(30)48-43(36)46-42(45-37)26-14-5-2-6-15-26)47-33-19-9-7-16-27(33)29-22-23-31-38(39(29)47)44-24-32-28-17-8-10-21-35(28)49-41(31)32/h1-24H. The molecule has 5 aromatic heterocycles. The van der Waals surface area contributed by atoms with E-state index in [1.54, 1.807) is 0 Å². The van der Waals surface area contributed by atoms with E-state index >= 15 is 0 Å². The lowest BCUT2D eigenvalue weighted by Gasteiger charge is -2.10. The van der Waals surface area contributed by atoms with Crippen molar-refractivity contribution in [3.05, 3.63) is 146 Å². The van der Waals surface area contributed by atoms with Gasteiger partial charge in [0.15, 0.2) is 11.4 Å². The second-order valence-corrected chi connectivity index (χ2v) is 13.4.